The Morgan fingerprint density at radius 3 is 3.00 bits per heavy atom. The fourth-order valence-electron chi connectivity index (χ4n) is 2.01. The zero-order valence-electron chi connectivity index (χ0n) is 8.24. The standard InChI is InChI=1S/C10H16N2OS/c1-2-7(1)9-5-11-10(14-9)12-8-3-4-13-6-8/h7-9H,1-6H2,(H,11,12). The van der Waals surface area contributed by atoms with Crippen LogP contribution in [0.5, 0.6) is 0 Å². The summed E-state index contributed by atoms with van der Waals surface area (Å²) in [7, 11) is 0. The first kappa shape index (κ1) is 9.04. The minimum atomic E-state index is 0.513. The predicted molar refractivity (Wildman–Crippen MR) is 58.8 cm³/mol. The van der Waals surface area contributed by atoms with Gasteiger partial charge in [0.2, 0.25) is 0 Å². The van der Waals surface area contributed by atoms with Gasteiger partial charge in [-0.15, -0.1) is 0 Å². The van der Waals surface area contributed by atoms with Crippen molar-refractivity contribution in [2.24, 2.45) is 10.9 Å². The summed E-state index contributed by atoms with van der Waals surface area (Å²) >= 11 is 1.95. The largest absolute Gasteiger partial charge is 0.379 e. The molecule has 3 rings (SSSR count). The SMILES string of the molecule is C1CC(NC2=NCC(C3CC3)S2)CO1. The third-order valence-electron chi connectivity index (χ3n) is 3.08. The first-order valence-electron chi connectivity index (χ1n) is 5.47. The smallest absolute Gasteiger partial charge is 0.157 e. The van der Waals surface area contributed by atoms with Gasteiger partial charge in [0.25, 0.3) is 0 Å². The van der Waals surface area contributed by atoms with Gasteiger partial charge < -0.3 is 10.1 Å². The molecule has 2 unspecified atom stereocenters. The van der Waals surface area contributed by atoms with Crippen LogP contribution < -0.4 is 5.32 Å². The summed E-state index contributed by atoms with van der Waals surface area (Å²) in [4.78, 5) is 4.55. The maximum absolute atomic E-state index is 5.33. The topological polar surface area (TPSA) is 33.6 Å². The van der Waals surface area contributed by atoms with Crippen molar-refractivity contribution >= 4 is 16.9 Å². The van der Waals surface area contributed by atoms with Crippen molar-refractivity contribution in [1.82, 2.24) is 5.32 Å². The molecule has 0 aromatic carbocycles. The number of rotatable bonds is 2. The van der Waals surface area contributed by atoms with Crippen molar-refractivity contribution in [3.63, 3.8) is 0 Å². The van der Waals surface area contributed by atoms with Crippen molar-refractivity contribution in [3.8, 4) is 0 Å². The van der Waals surface area contributed by atoms with Gasteiger partial charge in [0.15, 0.2) is 5.17 Å². The number of nitrogens with zero attached hydrogens (tertiary/aromatic N) is 1. The average Bonchev–Trinajstić information content (AvgIpc) is 2.75. The molecule has 1 N–H and O–H groups in total. The van der Waals surface area contributed by atoms with Crippen molar-refractivity contribution in [1.29, 1.82) is 0 Å². The van der Waals surface area contributed by atoms with Gasteiger partial charge in [-0.05, 0) is 25.2 Å². The summed E-state index contributed by atoms with van der Waals surface area (Å²) in [6.45, 7) is 2.79. The van der Waals surface area contributed by atoms with Crippen LogP contribution in [0.15, 0.2) is 4.99 Å². The molecule has 2 atom stereocenters. The highest BCUT2D eigenvalue weighted by atomic mass is 32.2. The van der Waals surface area contributed by atoms with Crippen molar-refractivity contribution < 1.29 is 4.74 Å². The molecular weight excluding hydrogens is 196 g/mol. The van der Waals surface area contributed by atoms with E-state index in [9.17, 15) is 0 Å². The number of hydrogen-bond donors (Lipinski definition) is 1. The van der Waals surface area contributed by atoms with Gasteiger partial charge in [-0.25, -0.2) is 0 Å². The summed E-state index contributed by atoms with van der Waals surface area (Å²) in [5, 5.41) is 5.42. The lowest BCUT2D eigenvalue weighted by Gasteiger charge is -2.11. The van der Waals surface area contributed by atoms with Crippen LogP contribution in [0.1, 0.15) is 19.3 Å². The number of aliphatic imine (C=N–C) groups is 1. The second kappa shape index (κ2) is 3.74. The molecule has 14 heavy (non-hydrogen) atoms. The van der Waals surface area contributed by atoms with E-state index >= 15 is 0 Å². The van der Waals surface area contributed by atoms with E-state index in [2.05, 4.69) is 10.3 Å². The number of nitrogens with one attached hydrogen (secondary N) is 1. The third kappa shape index (κ3) is 1.91. The van der Waals surface area contributed by atoms with Crippen LogP contribution in [0, 0.1) is 5.92 Å². The van der Waals surface area contributed by atoms with Gasteiger partial charge in [-0.3, -0.25) is 4.99 Å². The molecule has 0 aromatic rings. The highest BCUT2D eigenvalue weighted by Crippen LogP contribution is 2.41. The number of ether oxygens (including phenoxy) is 1. The highest BCUT2D eigenvalue weighted by molar-refractivity contribution is 8.14. The Balaban J connectivity index is 1.49. The molecule has 2 heterocycles. The molecule has 1 aliphatic carbocycles. The van der Waals surface area contributed by atoms with Gasteiger partial charge in [0, 0.05) is 11.9 Å². The van der Waals surface area contributed by atoms with Crippen LogP contribution in [-0.4, -0.2) is 36.2 Å². The van der Waals surface area contributed by atoms with E-state index in [0.717, 1.165) is 42.5 Å². The van der Waals surface area contributed by atoms with Crippen LogP contribution in [0.3, 0.4) is 0 Å². The number of amidine groups is 1. The minimum absolute atomic E-state index is 0.513. The summed E-state index contributed by atoms with van der Waals surface area (Å²) in [6, 6.07) is 0.513. The molecule has 0 radical (unpaired) electrons. The van der Waals surface area contributed by atoms with Gasteiger partial charge in [-0.1, -0.05) is 11.8 Å². The van der Waals surface area contributed by atoms with Crippen LogP contribution in [-0.2, 0) is 4.74 Å². The monoisotopic (exact) mass is 212 g/mol. The summed E-state index contributed by atoms with van der Waals surface area (Å²) in [5.74, 6) is 0.961. The van der Waals surface area contributed by atoms with E-state index in [1.807, 2.05) is 11.8 Å². The van der Waals surface area contributed by atoms with E-state index in [0.29, 0.717) is 6.04 Å². The lowest BCUT2D eigenvalue weighted by molar-refractivity contribution is 0.192. The van der Waals surface area contributed by atoms with Crippen molar-refractivity contribution in [3.05, 3.63) is 0 Å². The molecule has 3 nitrogen and oxygen atoms in total. The van der Waals surface area contributed by atoms with Crippen LogP contribution in [0.2, 0.25) is 0 Å². The first-order chi connectivity index (χ1) is 6.92. The van der Waals surface area contributed by atoms with Crippen molar-refractivity contribution in [2.75, 3.05) is 19.8 Å². The molecule has 0 aromatic heterocycles. The molecule has 4 heteroatoms. The summed E-state index contributed by atoms with van der Waals surface area (Å²) < 4.78 is 5.33. The average molecular weight is 212 g/mol. The molecule has 2 fully saturated rings. The maximum Gasteiger partial charge on any atom is 0.157 e. The Morgan fingerprint density at radius 1 is 1.36 bits per heavy atom. The second-order valence-corrected chi connectivity index (χ2v) is 5.57. The Bertz CT molecular complexity index is 247. The number of thioether (sulfide) groups is 1. The molecule has 78 valence electrons. The quantitative estimate of drug-likeness (QED) is 0.748. The Hall–Kier alpha value is -0.220. The Morgan fingerprint density at radius 2 is 2.29 bits per heavy atom. The van der Waals surface area contributed by atoms with Gasteiger partial charge in [-0.2, -0.15) is 0 Å². The Labute approximate surface area is 88.7 Å². The van der Waals surface area contributed by atoms with E-state index < -0.39 is 0 Å². The maximum atomic E-state index is 5.33. The van der Waals surface area contributed by atoms with E-state index in [4.69, 9.17) is 4.74 Å². The highest BCUT2D eigenvalue weighted by Gasteiger charge is 2.35. The normalized spacial score (nSPS) is 37.3. The van der Waals surface area contributed by atoms with E-state index in [1.165, 1.54) is 12.8 Å². The first-order valence-corrected chi connectivity index (χ1v) is 6.35. The predicted octanol–water partition coefficient (Wildman–Crippen LogP) is 1.25. The van der Waals surface area contributed by atoms with Gasteiger partial charge in [0.1, 0.15) is 0 Å². The summed E-state index contributed by atoms with van der Waals surface area (Å²) in [5.41, 5.74) is 0. The molecule has 1 saturated carbocycles. The zero-order valence-corrected chi connectivity index (χ0v) is 9.05. The molecule has 0 spiro atoms. The Kier molecular flexibility index (Phi) is 2.41. The van der Waals surface area contributed by atoms with E-state index in [-0.39, 0.29) is 0 Å². The molecular formula is C10H16N2OS. The van der Waals surface area contributed by atoms with Crippen LogP contribution in [0.4, 0.5) is 0 Å². The molecule has 1 saturated heterocycles. The fourth-order valence-corrected chi connectivity index (χ4v) is 3.29. The lowest BCUT2D eigenvalue weighted by atomic mass is 10.3. The minimum Gasteiger partial charge on any atom is -0.379 e. The molecule has 2 aliphatic heterocycles. The lowest BCUT2D eigenvalue weighted by Crippen LogP contribution is -2.32. The molecule has 3 aliphatic rings. The van der Waals surface area contributed by atoms with Crippen LogP contribution in [0.25, 0.3) is 0 Å². The van der Waals surface area contributed by atoms with Crippen molar-refractivity contribution in [2.45, 2.75) is 30.6 Å². The van der Waals surface area contributed by atoms with Gasteiger partial charge in [0.05, 0.1) is 19.2 Å². The fraction of sp³-hybridized carbons (Fsp3) is 0.900. The van der Waals surface area contributed by atoms with Crippen LogP contribution >= 0.6 is 11.8 Å². The second-order valence-electron chi connectivity index (χ2n) is 4.34. The van der Waals surface area contributed by atoms with Gasteiger partial charge >= 0.3 is 0 Å². The third-order valence-corrected chi connectivity index (χ3v) is 4.39. The summed E-state index contributed by atoms with van der Waals surface area (Å²) in [6.07, 6.45) is 3.98. The van der Waals surface area contributed by atoms with E-state index in [1.54, 1.807) is 0 Å². The zero-order chi connectivity index (χ0) is 9.38. The molecule has 0 amide bonds. The molecule has 0 bridgehead atoms. The number of hydrogen-bond acceptors (Lipinski definition) is 4.